The molecule has 1 aromatic carbocycles. The lowest BCUT2D eigenvalue weighted by molar-refractivity contribution is 0.0901. The van der Waals surface area contributed by atoms with Gasteiger partial charge < -0.3 is 10.5 Å². The van der Waals surface area contributed by atoms with E-state index in [1.165, 1.54) is 0 Å². The van der Waals surface area contributed by atoms with Gasteiger partial charge in [-0.3, -0.25) is 4.98 Å². The lowest BCUT2D eigenvalue weighted by Crippen LogP contribution is -2.25. The molecule has 3 heteroatoms. The predicted octanol–water partition coefficient (Wildman–Crippen LogP) is 2.72. The summed E-state index contributed by atoms with van der Waals surface area (Å²) >= 11 is 0. The van der Waals surface area contributed by atoms with Crippen molar-refractivity contribution in [3.63, 3.8) is 0 Å². The Morgan fingerprint density at radius 2 is 2.22 bits per heavy atom. The quantitative estimate of drug-likeness (QED) is 0.880. The minimum Gasteiger partial charge on any atom is -0.376 e. The number of ether oxygens (including phenoxy) is 1. The van der Waals surface area contributed by atoms with E-state index in [2.05, 4.69) is 23.2 Å². The summed E-state index contributed by atoms with van der Waals surface area (Å²) in [6.45, 7) is 2.85. The molecule has 0 bridgehead atoms. The van der Waals surface area contributed by atoms with E-state index in [1.54, 1.807) is 0 Å². The first kappa shape index (κ1) is 11.6. The number of fused-ring (bicyclic) bond motifs is 1. The molecule has 2 heterocycles. The maximum atomic E-state index is 6.28. The number of benzene rings is 1. The highest BCUT2D eigenvalue weighted by molar-refractivity contribution is 5.79. The summed E-state index contributed by atoms with van der Waals surface area (Å²) in [6.07, 6.45) is 2.35. The molecule has 18 heavy (non-hydrogen) atoms. The first-order chi connectivity index (χ1) is 8.74. The highest BCUT2D eigenvalue weighted by Crippen LogP contribution is 2.26. The summed E-state index contributed by atoms with van der Waals surface area (Å²) < 4.78 is 5.66. The topological polar surface area (TPSA) is 48.1 Å². The highest BCUT2D eigenvalue weighted by Gasteiger charge is 2.24. The van der Waals surface area contributed by atoms with Crippen LogP contribution in [-0.4, -0.2) is 17.7 Å². The zero-order valence-electron chi connectivity index (χ0n) is 10.6. The molecule has 0 aliphatic carbocycles. The standard InChI is InChI=1S/C15H18N2O/c1-10-4-5-11-9-12(6-7-13(11)17-10)15(16)14-3-2-8-18-14/h4-7,9,14-15H,2-3,8,16H2,1H3. The van der Waals surface area contributed by atoms with E-state index in [0.29, 0.717) is 0 Å². The maximum Gasteiger partial charge on any atom is 0.0768 e. The highest BCUT2D eigenvalue weighted by atomic mass is 16.5. The second-order valence-corrected chi connectivity index (χ2v) is 4.98. The van der Waals surface area contributed by atoms with E-state index >= 15 is 0 Å². The van der Waals surface area contributed by atoms with E-state index in [9.17, 15) is 0 Å². The van der Waals surface area contributed by atoms with E-state index < -0.39 is 0 Å². The van der Waals surface area contributed by atoms with Gasteiger partial charge in [-0.05, 0) is 43.5 Å². The summed E-state index contributed by atoms with van der Waals surface area (Å²) in [5.74, 6) is 0. The van der Waals surface area contributed by atoms with Gasteiger partial charge in [0.1, 0.15) is 0 Å². The Kier molecular flexibility index (Phi) is 3.02. The van der Waals surface area contributed by atoms with E-state index in [4.69, 9.17) is 10.5 Å². The molecule has 0 amide bonds. The second-order valence-electron chi connectivity index (χ2n) is 4.98. The summed E-state index contributed by atoms with van der Waals surface area (Å²) in [6, 6.07) is 10.4. The van der Waals surface area contributed by atoms with Crippen molar-refractivity contribution in [1.82, 2.24) is 4.98 Å². The van der Waals surface area contributed by atoms with Gasteiger partial charge in [-0.25, -0.2) is 0 Å². The fourth-order valence-electron chi connectivity index (χ4n) is 2.55. The van der Waals surface area contributed by atoms with Gasteiger partial charge in [0.15, 0.2) is 0 Å². The van der Waals surface area contributed by atoms with Crippen molar-refractivity contribution in [2.45, 2.75) is 31.9 Å². The van der Waals surface area contributed by atoms with Crippen LogP contribution in [0.2, 0.25) is 0 Å². The number of pyridine rings is 1. The summed E-state index contributed by atoms with van der Waals surface area (Å²) in [5.41, 5.74) is 9.48. The van der Waals surface area contributed by atoms with Crippen LogP contribution < -0.4 is 5.73 Å². The average Bonchev–Trinajstić information content (AvgIpc) is 2.91. The zero-order chi connectivity index (χ0) is 12.5. The normalized spacial score (nSPS) is 21.3. The van der Waals surface area contributed by atoms with Gasteiger partial charge in [0, 0.05) is 17.7 Å². The third kappa shape index (κ3) is 2.11. The Bertz CT molecular complexity index is 561. The molecule has 1 aromatic heterocycles. The molecule has 2 aromatic rings. The molecule has 1 aliphatic heterocycles. The predicted molar refractivity (Wildman–Crippen MR) is 72.4 cm³/mol. The Morgan fingerprint density at radius 1 is 1.33 bits per heavy atom. The molecule has 1 fully saturated rings. The molecular formula is C15H18N2O. The molecule has 2 N–H and O–H groups in total. The molecular weight excluding hydrogens is 224 g/mol. The lowest BCUT2D eigenvalue weighted by atomic mass is 9.98. The molecule has 94 valence electrons. The van der Waals surface area contributed by atoms with Gasteiger partial charge >= 0.3 is 0 Å². The van der Waals surface area contributed by atoms with Crippen LogP contribution in [0, 0.1) is 6.92 Å². The SMILES string of the molecule is Cc1ccc2cc(C(N)C3CCCO3)ccc2n1. The summed E-state index contributed by atoms with van der Waals surface area (Å²) in [7, 11) is 0. The zero-order valence-corrected chi connectivity index (χ0v) is 10.6. The minimum atomic E-state index is -0.0294. The summed E-state index contributed by atoms with van der Waals surface area (Å²) in [5, 5.41) is 1.14. The fraction of sp³-hybridized carbons (Fsp3) is 0.400. The van der Waals surface area contributed by atoms with Crippen molar-refractivity contribution < 1.29 is 4.74 Å². The van der Waals surface area contributed by atoms with Crippen molar-refractivity contribution >= 4 is 10.9 Å². The lowest BCUT2D eigenvalue weighted by Gasteiger charge is -2.19. The van der Waals surface area contributed by atoms with Gasteiger partial charge in [0.05, 0.1) is 17.7 Å². The Morgan fingerprint density at radius 3 is 3.00 bits per heavy atom. The first-order valence-corrected chi connectivity index (χ1v) is 6.48. The molecule has 2 atom stereocenters. The largest absolute Gasteiger partial charge is 0.376 e. The number of aromatic nitrogens is 1. The third-order valence-corrected chi connectivity index (χ3v) is 3.60. The monoisotopic (exact) mass is 242 g/mol. The second kappa shape index (κ2) is 4.67. The van der Waals surface area contributed by atoms with Crippen LogP contribution in [0.5, 0.6) is 0 Å². The van der Waals surface area contributed by atoms with Crippen molar-refractivity contribution in [3.8, 4) is 0 Å². The molecule has 0 radical (unpaired) electrons. The van der Waals surface area contributed by atoms with E-state index in [-0.39, 0.29) is 12.1 Å². The minimum absolute atomic E-state index is 0.0294. The summed E-state index contributed by atoms with van der Waals surface area (Å²) in [4.78, 5) is 4.50. The Hall–Kier alpha value is -1.45. The molecule has 3 rings (SSSR count). The van der Waals surface area contributed by atoms with E-state index in [0.717, 1.165) is 41.6 Å². The number of aryl methyl sites for hydroxylation is 1. The Balaban J connectivity index is 1.94. The van der Waals surface area contributed by atoms with Crippen LogP contribution in [-0.2, 0) is 4.74 Å². The van der Waals surface area contributed by atoms with Gasteiger partial charge in [-0.1, -0.05) is 12.1 Å². The van der Waals surface area contributed by atoms with Crippen LogP contribution in [0.15, 0.2) is 30.3 Å². The Labute approximate surface area is 107 Å². The molecule has 0 saturated carbocycles. The fourth-order valence-corrected chi connectivity index (χ4v) is 2.55. The van der Waals surface area contributed by atoms with Gasteiger partial charge in [-0.2, -0.15) is 0 Å². The van der Waals surface area contributed by atoms with Crippen LogP contribution in [0.3, 0.4) is 0 Å². The molecule has 1 saturated heterocycles. The number of hydrogen-bond acceptors (Lipinski definition) is 3. The van der Waals surface area contributed by atoms with Crippen LogP contribution in [0.25, 0.3) is 10.9 Å². The van der Waals surface area contributed by atoms with Crippen molar-refractivity contribution in [2.75, 3.05) is 6.61 Å². The van der Waals surface area contributed by atoms with Gasteiger partial charge in [-0.15, -0.1) is 0 Å². The number of hydrogen-bond donors (Lipinski definition) is 1. The van der Waals surface area contributed by atoms with E-state index in [1.807, 2.05) is 19.1 Å². The van der Waals surface area contributed by atoms with Crippen molar-refractivity contribution in [2.24, 2.45) is 5.73 Å². The van der Waals surface area contributed by atoms with Crippen LogP contribution >= 0.6 is 0 Å². The van der Waals surface area contributed by atoms with Crippen molar-refractivity contribution in [3.05, 3.63) is 41.6 Å². The first-order valence-electron chi connectivity index (χ1n) is 6.48. The third-order valence-electron chi connectivity index (χ3n) is 3.60. The average molecular weight is 242 g/mol. The number of nitrogens with zero attached hydrogens (tertiary/aromatic N) is 1. The van der Waals surface area contributed by atoms with Gasteiger partial charge in [0.25, 0.3) is 0 Å². The molecule has 2 unspecified atom stereocenters. The van der Waals surface area contributed by atoms with Crippen molar-refractivity contribution in [1.29, 1.82) is 0 Å². The molecule has 3 nitrogen and oxygen atoms in total. The molecule has 0 spiro atoms. The van der Waals surface area contributed by atoms with Crippen LogP contribution in [0.4, 0.5) is 0 Å². The molecule has 1 aliphatic rings. The van der Waals surface area contributed by atoms with Gasteiger partial charge in [0.2, 0.25) is 0 Å². The van der Waals surface area contributed by atoms with Crippen LogP contribution in [0.1, 0.15) is 30.1 Å². The number of rotatable bonds is 2. The maximum absolute atomic E-state index is 6.28. The number of nitrogens with two attached hydrogens (primary N) is 1. The smallest absolute Gasteiger partial charge is 0.0768 e.